The van der Waals surface area contributed by atoms with Gasteiger partial charge in [0.2, 0.25) is 0 Å². The van der Waals surface area contributed by atoms with Gasteiger partial charge >= 0.3 is 0 Å². The van der Waals surface area contributed by atoms with Crippen LogP contribution in [-0.4, -0.2) is 37.8 Å². The summed E-state index contributed by atoms with van der Waals surface area (Å²) in [6, 6.07) is 5.28. The molecule has 0 bridgehead atoms. The number of amides is 1. The molecule has 0 saturated heterocycles. The molecule has 0 aliphatic heterocycles. The normalized spacial score (nSPS) is 9.69. The molecule has 0 aliphatic carbocycles. The van der Waals surface area contributed by atoms with Gasteiger partial charge in [-0.2, -0.15) is 0 Å². The van der Waals surface area contributed by atoms with Gasteiger partial charge in [-0.25, -0.2) is 0 Å². The molecule has 4 nitrogen and oxygen atoms in total. The zero-order chi connectivity index (χ0) is 12.1. The van der Waals surface area contributed by atoms with E-state index in [4.69, 9.17) is 4.74 Å². The van der Waals surface area contributed by atoms with E-state index in [2.05, 4.69) is 0 Å². The van der Waals surface area contributed by atoms with Gasteiger partial charge in [-0.3, -0.25) is 9.59 Å². The van der Waals surface area contributed by atoms with Gasteiger partial charge in [-0.05, 0) is 18.6 Å². The molecular formula is C12H15NO3. The molecular weight excluding hydrogens is 206 g/mol. The molecule has 1 amide bonds. The second kappa shape index (κ2) is 5.30. The monoisotopic (exact) mass is 221 g/mol. The predicted octanol–water partition coefficient (Wildman–Crippen LogP) is 1.27. The minimum atomic E-state index is -0.139. The molecule has 1 aromatic carbocycles. The topological polar surface area (TPSA) is 46.6 Å². The highest BCUT2D eigenvalue weighted by Crippen LogP contribution is 2.21. The van der Waals surface area contributed by atoms with Gasteiger partial charge in [0, 0.05) is 14.1 Å². The fraction of sp³-hybridized carbons (Fsp3) is 0.333. The molecule has 86 valence electrons. The fourth-order valence-corrected chi connectivity index (χ4v) is 1.23. The van der Waals surface area contributed by atoms with Gasteiger partial charge in [-0.15, -0.1) is 0 Å². The molecule has 0 saturated carbocycles. The van der Waals surface area contributed by atoms with Gasteiger partial charge in [0.15, 0.2) is 12.9 Å². The number of aryl methyl sites for hydroxylation is 1. The lowest BCUT2D eigenvalue weighted by Gasteiger charge is -2.13. The molecule has 1 rings (SSSR count). The van der Waals surface area contributed by atoms with Gasteiger partial charge < -0.3 is 9.64 Å². The molecule has 0 aliphatic rings. The Hall–Kier alpha value is -1.84. The van der Waals surface area contributed by atoms with Gasteiger partial charge in [0.05, 0.1) is 5.56 Å². The van der Waals surface area contributed by atoms with Crippen molar-refractivity contribution in [2.75, 3.05) is 20.7 Å². The Labute approximate surface area is 94.8 Å². The zero-order valence-corrected chi connectivity index (χ0v) is 9.69. The van der Waals surface area contributed by atoms with E-state index >= 15 is 0 Å². The molecule has 0 N–H and O–H groups in total. The van der Waals surface area contributed by atoms with Crippen molar-refractivity contribution in [3.05, 3.63) is 29.3 Å². The Kier molecular flexibility index (Phi) is 4.05. The third-order valence-corrected chi connectivity index (χ3v) is 2.21. The summed E-state index contributed by atoms with van der Waals surface area (Å²) >= 11 is 0. The predicted molar refractivity (Wildman–Crippen MR) is 60.8 cm³/mol. The quantitative estimate of drug-likeness (QED) is 0.719. The standard InChI is InChI=1S/C12H15NO3/c1-9-5-4-6-10(7-14)12(9)16-8-11(15)13(2)3/h4-7H,8H2,1-3H3. The van der Waals surface area contributed by atoms with E-state index in [-0.39, 0.29) is 12.5 Å². The summed E-state index contributed by atoms with van der Waals surface area (Å²) in [5.41, 5.74) is 1.31. The van der Waals surface area contributed by atoms with Gasteiger partial charge in [0.25, 0.3) is 5.91 Å². The highest BCUT2D eigenvalue weighted by Gasteiger charge is 2.09. The Bertz CT molecular complexity index is 399. The fourth-order valence-electron chi connectivity index (χ4n) is 1.23. The molecule has 0 spiro atoms. The number of carbonyl (C=O) groups excluding carboxylic acids is 2. The largest absolute Gasteiger partial charge is 0.483 e. The van der Waals surface area contributed by atoms with Crippen LogP contribution in [0.1, 0.15) is 15.9 Å². The zero-order valence-electron chi connectivity index (χ0n) is 9.69. The van der Waals surface area contributed by atoms with Crippen LogP contribution in [0.4, 0.5) is 0 Å². The van der Waals surface area contributed by atoms with Crippen LogP contribution in [0.5, 0.6) is 5.75 Å². The second-order valence-corrected chi connectivity index (χ2v) is 3.69. The number of benzene rings is 1. The van der Waals surface area contributed by atoms with E-state index in [1.807, 2.05) is 13.0 Å². The van der Waals surface area contributed by atoms with Crippen LogP contribution in [0.25, 0.3) is 0 Å². The van der Waals surface area contributed by atoms with Crippen LogP contribution in [0, 0.1) is 6.92 Å². The first kappa shape index (κ1) is 12.2. The third-order valence-electron chi connectivity index (χ3n) is 2.21. The van der Waals surface area contributed by atoms with E-state index in [1.54, 1.807) is 26.2 Å². The minimum absolute atomic E-state index is 0.0569. The average Bonchev–Trinajstić information content (AvgIpc) is 2.26. The summed E-state index contributed by atoms with van der Waals surface area (Å²) in [4.78, 5) is 23.6. The molecule has 0 heterocycles. The highest BCUT2D eigenvalue weighted by molar-refractivity contribution is 5.81. The van der Waals surface area contributed by atoms with Crippen LogP contribution in [-0.2, 0) is 4.79 Å². The summed E-state index contributed by atoms with van der Waals surface area (Å²) < 4.78 is 5.36. The minimum Gasteiger partial charge on any atom is -0.483 e. The number of nitrogens with zero attached hydrogens (tertiary/aromatic N) is 1. The summed E-state index contributed by atoms with van der Waals surface area (Å²) in [6.07, 6.45) is 0.725. The second-order valence-electron chi connectivity index (χ2n) is 3.69. The van der Waals surface area contributed by atoms with Crippen molar-refractivity contribution < 1.29 is 14.3 Å². The van der Waals surface area contributed by atoms with E-state index in [9.17, 15) is 9.59 Å². The molecule has 0 fully saturated rings. The van der Waals surface area contributed by atoms with E-state index in [0.29, 0.717) is 11.3 Å². The summed E-state index contributed by atoms with van der Waals surface area (Å²) in [5.74, 6) is 0.341. The van der Waals surface area contributed by atoms with E-state index in [0.717, 1.165) is 11.8 Å². The van der Waals surface area contributed by atoms with Crippen molar-refractivity contribution >= 4 is 12.2 Å². The average molecular weight is 221 g/mol. The Morgan fingerprint density at radius 1 is 1.44 bits per heavy atom. The maximum atomic E-state index is 11.3. The third kappa shape index (κ3) is 2.82. The number of aldehydes is 1. The molecule has 0 aromatic heterocycles. The molecule has 16 heavy (non-hydrogen) atoms. The summed E-state index contributed by atoms with van der Waals surface area (Å²) in [5, 5.41) is 0. The first-order chi connectivity index (χ1) is 7.56. The smallest absolute Gasteiger partial charge is 0.259 e. The Morgan fingerprint density at radius 3 is 2.69 bits per heavy atom. The SMILES string of the molecule is Cc1cccc(C=O)c1OCC(=O)N(C)C. The number of hydrogen-bond acceptors (Lipinski definition) is 3. The van der Waals surface area contributed by atoms with Crippen molar-refractivity contribution in [3.8, 4) is 5.75 Å². The molecule has 0 radical (unpaired) electrons. The lowest BCUT2D eigenvalue weighted by Crippen LogP contribution is -2.27. The van der Waals surface area contributed by atoms with Crippen LogP contribution in [0.15, 0.2) is 18.2 Å². The van der Waals surface area contributed by atoms with Crippen molar-refractivity contribution in [1.82, 2.24) is 4.90 Å². The van der Waals surface area contributed by atoms with Crippen LogP contribution in [0.2, 0.25) is 0 Å². The number of rotatable bonds is 4. The maximum absolute atomic E-state index is 11.3. The van der Waals surface area contributed by atoms with Gasteiger partial charge in [-0.1, -0.05) is 12.1 Å². The van der Waals surface area contributed by atoms with Crippen molar-refractivity contribution in [2.24, 2.45) is 0 Å². The first-order valence-corrected chi connectivity index (χ1v) is 4.94. The van der Waals surface area contributed by atoms with E-state index in [1.165, 1.54) is 4.90 Å². The molecule has 0 atom stereocenters. The van der Waals surface area contributed by atoms with Crippen LogP contribution in [0.3, 0.4) is 0 Å². The highest BCUT2D eigenvalue weighted by atomic mass is 16.5. The van der Waals surface area contributed by atoms with E-state index < -0.39 is 0 Å². The summed E-state index contributed by atoms with van der Waals surface area (Å²) in [6.45, 7) is 1.78. The number of hydrogen-bond donors (Lipinski definition) is 0. The number of ether oxygens (including phenoxy) is 1. The Balaban J connectivity index is 2.80. The van der Waals surface area contributed by atoms with Crippen LogP contribution < -0.4 is 4.74 Å². The lowest BCUT2D eigenvalue weighted by molar-refractivity contribution is -0.130. The first-order valence-electron chi connectivity index (χ1n) is 4.94. The molecule has 0 unspecified atom stereocenters. The van der Waals surface area contributed by atoms with Crippen molar-refractivity contribution in [1.29, 1.82) is 0 Å². The van der Waals surface area contributed by atoms with Gasteiger partial charge in [0.1, 0.15) is 5.75 Å². The van der Waals surface area contributed by atoms with Crippen LogP contribution >= 0.6 is 0 Å². The lowest BCUT2D eigenvalue weighted by atomic mass is 10.1. The number of para-hydroxylation sites is 1. The Morgan fingerprint density at radius 2 is 2.12 bits per heavy atom. The number of likely N-dealkylation sites (N-methyl/N-ethyl adjacent to an activating group) is 1. The summed E-state index contributed by atoms with van der Waals surface area (Å²) in [7, 11) is 3.31. The molecule has 4 heteroatoms. The van der Waals surface area contributed by atoms with Crippen molar-refractivity contribution in [3.63, 3.8) is 0 Å². The maximum Gasteiger partial charge on any atom is 0.259 e. The molecule has 1 aromatic rings. The number of carbonyl (C=O) groups is 2. The van der Waals surface area contributed by atoms with Crippen molar-refractivity contribution in [2.45, 2.75) is 6.92 Å².